The van der Waals surface area contributed by atoms with Crippen LogP contribution in [0.25, 0.3) is 0 Å². The molecule has 6 unspecified atom stereocenters. The van der Waals surface area contributed by atoms with Crippen LogP contribution in [0, 0.1) is 52.8 Å². The maximum atomic E-state index is 3.42. The van der Waals surface area contributed by atoms with Crippen molar-refractivity contribution in [1.82, 2.24) is 4.90 Å². The van der Waals surface area contributed by atoms with Crippen molar-refractivity contribution >= 4 is 0 Å². The number of allylic oxidation sites excluding steroid dienone is 6. The zero-order chi connectivity index (χ0) is 35.2. The van der Waals surface area contributed by atoms with E-state index in [0.29, 0.717) is 5.41 Å². The molecule has 0 aromatic rings. The second-order valence-electron chi connectivity index (χ2n) is 20.9. The van der Waals surface area contributed by atoms with Crippen molar-refractivity contribution in [3.63, 3.8) is 0 Å². The van der Waals surface area contributed by atoms with E-state index in [0.717, 1.165) is 71.9 Å². The Kier molecular flexibility index (Phi) is 13.5. The molecule has 0 N–H and O–H groups in total. The van der Waals surface area contributed by atoms with Gasteiger partial charge in [0.05, 0.1) is 0 Å². The molecule has 8 rings (SSSR count). The molecule has 0 spiro atoms. The largest absolute Gasteiger partial charge is 0.294 e. The summed E-state index contributed by atoms with van der Waals surface area (Å²) in [5, 5.41) is 0. The molecule has 1 nitrogen and oxygen atoms in total. The summed E-state index contributed by atoms with van der Waals surface area (Å²) in [7, 11) is 0. The zero-order valence-corrected chi connectivity index (χ0v) is 34.3. The topological polar surface area (TPSA) is 3.24 Å². The van der Waals surface area contributed by atoms with Crippen molar-refractivity contribution in [2.45, 2.75) is 231 Å². The van der Waals surface area contributed by atoms with Crippen molar-refractivity contribution in [3.8, 4) is 0 Å². The van der Waals surface area contributed by atoms with Crippen LogP contribution in [0.15, 0.2) is 36.0 Å². The van der Waals surface area contributed by atoms with Gasteiger partial charge in [0.1, 0.15) is 0 Å². The van der Waals surface area contributed by atoms with Gasteiger partial charge in [-0.25, -0.2) is 0 Å². The molecule has 0 aromatic heterocycles. The Balaban J connectivity index is 1.07. The van der Waals surface area contributed by atoms with Gasteiger partial charge >= 0.3 is 0 Å². The Bertz CT molecular complexity index is 1160. The van der Waals surface area contributed by atoms with Crippen molar-refractivity contribution in [2.75, 3.05) is 0 Å². The van der Waals surface area contributed by atoms with Crippen molar-refractivity contribution in [3.05, 3.63) is 36.0 Å². The highest BCUT2D eigenvalue weighted by atomic mass is 15.2. The van der Waals surface area contributed by atoms with E-state index >= 15 is 0 Å². The first kappa shape index (κ1) is 38.1. The smallest absolute Gasteiger partial charge is 0.0107 e. The fraction of sp³-hybridized carbons (Fsp3) is 0.882. The fourth-order valence-corrected chi connectivity index (χ4v) is 15.6. The molecule has 7 saturated carbocycles. The predicted octanol–water partition coefficient (Wildman–Crippen LogP) is 15.0. The molecule has 7 fully saturated rings. The summed E-state index contributed by atoms with van der Waals surface area (Å²) in [4.78, 5) is 3.42. The van der Waals surface area contributed by atoms with Crippen LogP contribution in [0.2, 0.25) is 0 Å². The third kappa shape index (κ3) is 8.76. The summed E-state index contributed by atoms with van der Waals surface area (Å²) >= 11 is 0. The predicted molar refractivity (Wildman–Crippen MR) is 223 cm³/mol. The summed E-state index contributed by atoms with van der Waals surface area (Å²) in [5.41, 5.74) is 2.27. The number of hydrogen-bond donors (Lipinski definition) is 0. The van der Waals surface area contributed by atoms with Gasteiger partial charge in [-0.15, -0.1) is 0 Å². The molecule has 0 saturated heterocycles. The first-order valence-corrected chi connectivity index (χ1v) is 24.5. The minimum atomic E-state index is 0.572. The average molecular weight is 710 g/mol. The lowest BCUT2D eigenvalue weighted by molar-refractivity contribution is -0.0767. The molecule has 0 aliphatic heterocycles. The molecule has 8 aliphatic carbocycles. The van der Waals surface area contributed by atoms with Crippen molar-refractivity contribution < 1.29 is 0 Å². The maximum absolute atomic E-state index is 3.42. The SMILES string of the molecule is CC1(C2CCCCC2)CC(N(C2CCC(C3CCCCC3)CC2)C2CCC(C3=CC=CCC=C3)C(C3CCCCC3)CC2)CCC1C1CCCCC1. The van der Waals surface area contributed by atoms with E-state index in [2.05, 4.69) is 42.2 Å². The summed E-state index contributed by atoms with van der Waals surface area (Å²) < 4.78 is 0. The first-order valence-electron chi connectivity index (χ1n) is 24.5. The Morgan fingerprint density at radius 1 is 0.481 bits per heavy atom. The molecular formula is C51H83N. The van der Waals surface area contributed by atoms with Crippen LogP contribution in [0.1, 0.15) is 212 Å². The second kappa shape index (κ2) is 18.4. The quantitative estimate of drug-likeness (QED) is 0.227. The minimum Gasteiger partial charge on any atom is -0.294 e. The van der Waals surface area contributed by atoms with Crippen molar-refractivity contribution in [1.29, 1.82) is 0 Å². The van der Waals surface area contributed by atoms with Crippen LogP contribution in [0.3, 0.4) is 0 Å². The van der Waals surface area contributed by atoms with Crippen LogP contribution >= 0.6 is 0 Å². The fourth-order valence-electron chi connectivity index (χ4n) is 15.6. The normalized spacial score (nSPS) is 40.0. The summed E-state index contributed by atoms with van der Waals surface area (Å²) in [5.74, 6) is 7.81. The highest BCUT2D eigenvalue weighted by Gasteiger charge is 2.51. The first-order chi connectivity index (χ1) is 25.7. The van der Waals surface area contributed by atoms with Gasteiger partial charge in [0.25, 0.3) is 0 Å². The van der Waals surface area contributed by atoms with E-state index in [1.807, 2.05) is 0 Å². The van der Waals surface area contributed by atoms with Crippen LogP contribution in [-0.2, 0) is 0 Å². The van der Waals surface area contributed by atoms with Gasteiger partial charge in [0.2, 0.25) is 0 Å². The summed E-state index contributed by atoms with van der Waals surface area (Å²) in [6.07, 6.45) is 60.6. The molecule has 6 atom stereocenters. The third-order valence-electron chi connectivity index (χ3n) is 18.3. The Hall–Kier alpha value is -0.820. The van der Waals surface area contributed by atoms with Crippen LogP contribution in [0.4, 0.5) is 0 Å². The molecule has 52 heavy (non-hydrogen) atoms. The van der Waals surface area contributed by atoms with Gasteiger partial charge in [-0.05, 0) is 148 Å². The Morgan fingerprint density at radius 3 is 1.69 bits per heavy atom. The molecule has 0 bridgehead atoms. The lowest BCUT2D eigenvalue weighted by Crippen LogP contribution is -2.56. The average Bonchev–Trinajstić information content (AvgIpc) is 3.62. The van der Waals surface area contributed by atoms with Gasteiger partial charge in [0, 0.05) is 18.1 Å². The molecule has 292 valence electrons. The van der Waals surface area contributed by atoms with Gasteiger partial charge in [-0.2, -0.15) is 0 Å². The number of hydrogen-bond acceptors (Lipinski definition) is 1. The Labute approximate surface area is 323 Å². The molecule has 1 heteroatoms. The molecule has 0 amide bonds. The van der Waals surface area contributed by atoms with Gasteiger partial charge in [0.15, 0.2) is 0 Å². The standard InChI is InChI=1S/C51H83N/c1-51(44-26-16-7-17-27-44)38-47(34-37-50(51)43-24-14-6-15-25-43)52(45-30-28-40(29-31-45)39-18-10-4-11-19-39)46-32-35-48(41-20-8-2-3-9-21-41)49(36-33-46)42-22-12-5-13-23-42/h2,8-9,20-21,39-40,42-50H,3-7,10-19,22-38H2,1H3. The number of rotatable bonds is 8. The molecule has 8 aliphatic rings. The van der Waals surface area contributed by atoms with Crippen molar-refractivity contribution in [2.24, 2.45) is 52.8 Å². The van der Waals surface area contributed by atoms with Gasteiger partial charge < -0.3 is 0 Å². The van der Waals surface area contributed by atoms with Crippen LogP contribution < -0.4 is 0 Å². The van der Waals surface area contributed by atoms with Gasteiger partial charge in [-0.1, -0.05) is 153 Å². The molecule has 0 radical (unpaired) electrons. The Morgan fingerprint density at radius 2 is 1.02 bits per heavy atom. The lowest BCUT2D eigenvalue weighted by atomic mass is 9.52. The highest BCUT2D eigenvalue weighted by Crippen LogP contribution is 2.58. The van der Waals surface area contributed by atoms with E-state index in [9.17, 15) is 0 Å². The minimum absolute atomic E-state index is 0.572. The molecule has 0 aromatic carbocycles. The van der Waals surface area contributed by atoms with Crippen LogP contribution in [-0.4, -0.2) is 23.0 Å². The van der Waals surface area contributed by atoms with E-state index in [1.165, 1.54) is 135 Å². The molecular weight excluding hydrogens is 627 g/mol. The monoisotopic (exact) mass is 710 g/mol. The second-order valence-corrected chi connectivity index (χ2v) is 20.9. The third-order valence-corrected chi connectivity index (χ3v) is 18.3. The number of nitrogens with zero attached hydrogens (tertiary/aromatic N) is 1. The molecule has 0 heterocycles. The van der Waals surface area contributed by atoms with Gasteiger partial charge in [-0.3, -0.25) is 4.90 Å². The van der Waals surface area contributed by atoms with E-state index in [1.54, 1.807) is 69.8 Å². The highest BCUT2D eigenvalue weighted by molar-refractivity contribution is 5.30. The van der Waals surface area contributed by atoms with Crippen LogP contribution in [0.5, 0.6) is 0 Å². The maximum Gasteiger partial charge on any atom is 0.0107 e. The summed E-state index contributed by atoms with van der Waals surface area (Å²) in [6, 6.07) is 2.53. The lowest BCUT2D eigenvalue weighted by Gasteiger charge is -2.57. The van der Waals surface area contributed by atoms with E-state index in [4.69, 9.17) is 0 Å². The summed E-state index contributed by atoms with van der Waals surface area (Å²) in [6.45, 7) is 2.91. The van der Waals surface area contributed by atoms with E-state index < -0.39 is 0 Å². The zero-order valence-electron chi connectivity index (χ0n) is 34.3. The van der Waals surface area contributed by atoms with E-state index in [-0.39, 0.29) is 0 Å².